The Morgan fingerprint density at radius 1 is 1.43 bits per heavy atom. The van der Waals surface area contributed by atoms with E-state index in [1.807, 2.05) is 0 Å². The Morgan fingerprint density at radius 3 is 2.43 bits per heavy atom. The van der Waals surface area contributed by atoms with Crippen molar-refractivity contribution in [3.05, 3.63) is 12.2 Å². The van der Waals surface area contributed by atoms with Crippen LogP contribution in [0.1, 0.15) is 13.3 Å². The Kier molecular flexibility index (Phi) is 6.22. The van der Waals surface area contributed by atoms with Crippen molar-refractivity contribution in [2.24, 2.45) is 0 Å². The van der Waals surface area contributed by atoms with E-state index in [0.717, 1.165) is 0 Å². The van der Waals surface area contributed by atoms with Crippen LogP contribution in [0.25, 0.3) is 0 Å². The van der Waals surface area contributed by atoms with Crippen LogP contribution in [-0.4, -0.2) is 85.4 Å². The molecule has 1 fully saturated rings. The number of aliphatic hydroxyl groups excluding tert-OH is 4. The number of carboxylic acid groups (broad SMARTS) is 1. The first-order valence-corrected chi connectivity index (χ1v) is 6.78. The van der Waals surface area contributed by atoms with Crippen LogP contribution in [0, 0.1) is 0 Å². The Morgan fingerprint density at radius 2 is 2.00 bits per heavy atom. The summed E-state index contributed by atoms with van der Waals surface area (Å²) in [6.45, 7) is 3.89. The topological polar surface area (TPSA) is 177 Å². The standard InChI is InChI=1S/C13H21NO9/c1-5(2)11(19)14-8-6(16)3-13(22,12(20)21)23-10(8)9(18)7(17)4-15/h6-10,15-18,22H,1,3-4H2,2H3,(H,14,19)(H,20,21)/t6-,7?,8+,9?,10+,13-/m0/s1. The second kappa shape index (κ2) is 7.34. The number of carboxylic acids is 1. The number of amides is 1. The summed E-state index contributed by atoms with van der Waals surface area (Å²) in [4.78, 5) is 22.8. The molecule has 132 valence electrons. The number of carbonyl (C=O) groups excluding carboxylic acids is 1. The summed E-state index contributed by atoms with van der Waals surface area (Å²) in [5.74, 6) is -5.32. The first kappa shape index (κ1) is 19.5. The third-order valence-electron chi connectivity index (χ3n) is 3.52. The SMILES string of the molecule is C=C(C)C(=O)N[C@@H]1[C@@H](O)C[C@@](O)(C(=O)O)O[C@H]1C(O)C(O)CO. The van der Waals surface area contributed by atoms with Gasteiger partial charge in [-0.05, 0) is 6.92 Å². The van der Waals surface area contributed by atoms with E-state index in [4.69, 9.17) is 14.9 Å². The highest BCUT2D eigenvalue weighted by Crippen LogP contribution is 2.30. The second-order valence-corrected chi connectivity index (χ2v) is 5.46. The number of aliphatic carboxylic acids is 1. The lowest BCUT2D eigenvalue weighted by atomic mass is 9.88. The Bertz CT molecular complexity index is 482. The molecule has 1 amide bonds. The van der Waals surface area contributed by atoms with E-state index in [2.05, 4.69) is 11.9 Å². The molecule has 0 radical (unpaired) electrons. The van der Waals surface area contributed by atoms with Crippen LogP contribution < -0.4 is 5.32 Å². The molecule has 0 aliphatic carbocycles. The Balaban J connectivity index is 3.12. The zero-order valence-electron chi connectivity index (χ0n) is 12.4. The minimum Gasteiger partial charge on any atom is -0.477 e. The minimum absolute atomic E-state index is 0.0761. The highest BCUT2D eigenvalue weighted by molar-refractivity contribution is 5.92. The molecule has 0 bridgehead atoms. The van der Waals surface area contributed by atoms with Crippen LogP contribution in [-0.2, 0) is 14.3 Å². The van der Waals surface area contributed by atoms with Gasteiger partial charge >= 0.3 is 5.97 Å². The number of aliphatic hydroxyl groups is 5. The van der Waals surface area contributed by atoms with Gasteiger partial charge in [0.15, 0.2) is 0 Å². The molecule has 1 aliphatic heterocycles. The lowest BCUT2D eigenvalue weighted by Crippen LogP contribution is -2.67. The number of nitrogens with one attached hydrogen (secondary N) is 1. The van der Waals surface area contributed by atoms with Gasteiger partial charge in [-0.3, -0.25) is 4.79 Å². The molecule has 2 unspecified atom stereocenters. The predicted octanol–water partition coefficient (Wildman–Crippen LogP) is -3.32. The summed E-state index contributed by atoms with van der Waals surface area (Å²) in [5, 5.41) is 59.6. The molecule has 10 heteroatoms. The summed E-state index contributed by atoms with van der Waals surface area (Å²) in [6, 6.07) is -1.34. The number of hydrogen-bond donors (Lipinski definition) is 7. The Hall–Kier alpha value is -1.56. The zero-order valence-corrected chi connectivity index (χ0v) is 12.4. The van der Waals surface area contributed by atoms with Crippen molar-refractivity contribution >= 4 is 11.9 Å². The molecule has 1 rings (SSSR count). The quantitative estimate of drug-likeness (QED) is 0.245. The largest absolute Gasteiger partial charge is 0.477 e. The lowest BCUT2D eigenvalue weighted by molar-refractivity contribution is -0.295. The molecular weight excluding hydrogens is 314 g/mol. The highest BCUT2D eigenvalue weighted by atomic mass is 16.7. The fraction of sp³-hybridized carbons (Fsp3) is 0.692. The molecule has 0 aromatic carbocycles. The minimum atomic E-state index is -2.81. The van der Waals surface area contributed by atoms with Crippen LogP contribution in [0.4, 0.5) is 0 Å². The maximum atomic E-state index is 11.7. The molecule has 1 heterocycles. The van der Waals surface area contributed by atoms with Crippen LogP contribution in [0.3, 0.4) is 0 Å². The molecule has 6 atom stereocenters. The van der Waals surface area contributed by atoms with E-state index >= 15 is 0 Å². The number of rotatable bonds is 6. The molecule has 0 saturated carbocycles. The fourth-order valence-electron chi connectivity index (χ4n) is 2.18. The number of ether oxygens (including phenoxy) is 1. The van der Waals surface area contributed by atoms with Gasteiger partial charge < -0.3 is 40.7 Å². The summed E-state index contributed by atoms with van der Waals surface area (Å²) >= 11 is 0. The van der Waals surface area contributed by atoms with E-state index in [1.165, 1.54) is 6.92 Å². The van der Waals surface area contributed by atoms with Crippen molar-refractivity contribution in [2.45, 2.75) is 49.6 Å². The lowest BCUT2D eigenvalue weighted by Gasteiger charge is -2.44. The average molecular weight is 335 g/mol. The van der Waals surface area contributed by atoms with E-state index in [1.54, 1.807) is 0 Å². The van der Waals surface area contributed by atoms with E-state index in [0.29, 0.717) is 0 Å². The molecule has 23 heavy (non-hydrogen) atoms. The van der Waals surface area contributed by atoms with Crippen molar-refractivity contribution < 1.29 is 45.0 Å². The number of hydrogen-bond acceptors (Lipinski definition) is 8. The molecule has 7 N–H and O–H groups in total. The summed E-state index contributed by atoms with van der Waals surface area (Å²) in [5.41, 5.74) is 0.0761. The Labute approximate surface area is 131 Å². The maximum absolute atomic E-state index is 11.7. The van der Waals surface area contributed by atoms with Gasteiger partial charge in [-0.2, -0.15) is 0 Å². The van der Waals surface area contributed by atoms with Gasteiger partial charge in [0.05, 0.1) is 18.8 Å². The first-order valence-electron chi connectivity index (χ1n) is 6.78. The van der Waals surface area contributed by atoms with Gasteiger partial charge in [-0.25, -0.2) is 4.79 Å². The fourth-order valence-corrected chi connectivity index (χ4v) is 2.18. The summed E-state index contributed by atoms with van der Waals surface area (Å²) in [6.07, 6.45) is -7.69. The van der Waals surface area contributed by atoms with Crippen LogP contribution >= 0.6 is 0 Å². The molecule has 0 aromatic rings. The van der Waals surface area contributed by atoms with Gasteiger partial charge in [0.2, 0.25) is 5.91 Å². The van der Waals surface area contributed by atoms with Crippen molar-refractivity contribution in [2.75, 3.05) is 6.61 Å². The van der Waals surface area contributed by atoms with Crippen molar-refractivity contribution in [3.8, 4) is 0 Å². The zero-order chi connectivity index (χ0) is 17.9. The first-order chi connectivity index (χ1) is 10.5. The monoisotopic (exact) mass is 335 g/mol. The molecule has 0 spiro atoms. The van der Waals surface area contributed by atoms with E-state index in [9.17, 15) is 30.0 Å². The maximum Gasteiger partial charge on any atom is 0.364 e. The third kappa shape index (κ3) is 4.25. The molecule has 0 aromatic heterocycles. The smallest absolute Gasteiger partial charge is 0.364 e. The van der Waals surface area contributed by atoms with E-state index < -0.39 is 61.1 Å². The van der Waals surface area contributed by atoms with Crippen LogP contribution in [0.15, 0.2) is 12.2 Å². The summed E-state index contributed by atoms with van der Waals surface area (Å²) in [7, 11) is 0. The molecule has 10 nitrogen and oxygen atoms in total. The van der Waals surface area contributed by atoms with Crippen LogP contribution in [0.2, 0.25) is 0 Å². The normalized spacial score (nSPS) is 33.6. The van der Waals surface area contributed by atoms with Gasteiger partial charge in [0, 0.05) is 12.0 Å². The third-order valence-corrected chi connectivity index (χ3v) is 3.52. The van der Waals surface area contributed by atoms with Crippen LogP contribution in [0.5, 0.6) is 0 Å². The van der Waals surface area contributed by atoms with Gasteiger partial charge in [0.25, 0.3) is 5.79 Å². The van der Waals surface area contributed by atoms with Gasteiger partial charge in [0.1, 0.15) is 18.3 Å². The van der Waals surface area contributed by atoms with Gasteiger partial charge in [-0.1, -0.05) is 6.58 Å². The average Bonchev–Trinajstić information content (AvgIpc) is 2.47. The summed E-state index contributed by atoms with van der Waals surface area (Å²) < 4.78 is 4.91. The second-order valence-electron chi connectivity index (χ2n) is 5.46. The molecule has 1 saturated heterocycles. The van der Waals surface area contributed by atoms with Gasteiger partial charge in [-0.15, -0.1) is 0 Å². The van der Waals surface area contributed by atoms with Crippen molar-refractivity contribution in [1.82, 2.24) is 5.32 Å². The molecule has 1 aliphatic rings. The van der Waals surface area contributed by atoms with E-state index in [-0.39, 0.29) is 5.57 Å². The molecular formula is C13H21NO9. The predicted molar refractivity (Wildman–Crippen MR) is 73.9 cm³/mol. The number of carbonyl (C=O) groups is 2. The van der Waals surface area contributed by atoms with Crippen molar-refractivity contribution in [1.29, 1.82) is 0 Å². The highest BCUT2D eigenvalue weighted by Gasteiger charge is 2.53. The van der Waals surface area contributed by atoms with Crippen molar-refractivity contribution in [3.63, 3.8) is 0 Å².